The molecule has 0 aliphatic carbocycles. The first-order valence-electron chi connectivity index (χ1n) is 8.55. The minimum absolute atomic E-state index is 0.333. The van der Waals surface area contributed by atoms with Crippen LogP contribution in [-0.4, -0.2) is 53.0 Å². The quantitative estimate of drug-likeness (QED) is 0.579. The van der Waals surface area contributed by atoms with Crippen LogP contribution in [0, 0.1) is 0 Å². The highest BCUT2D eigenvalue weighted by Gasteiger charge is 2.21. The third kappa shape index (κ3) is 5.05. The molecule has 1 atom stereocenters. The van der Waals surface area contributed by atoms with Crippen molar-refractivity contribution in [2.45, 2.75) is 37.4 Å². The first kappa shape index (κ1) is 17.0. The van der Waals surface area contributed by atoms with E-state index in [0.29, 0.717) is 12.3 Å². The maximum atomic E-state index is 12.3. The van der Waals surface area contributed by atoms with Crippen LogP contribution in [0.2, 0.25) is 0 Å². The molecule has 3 heterocycles. The fourth-order valence-electron chi connectivity index (χ4n) is 3.10. The van der Waals surface area contributed by atoms with Crippen molar-refractivity contribution >= 4 is 33.3 Å². The van der Waals surface area contributed by atoms with Crippen LogP contribution in [-0.2, 0) is 4.79 Å². The Bertz CT molecular complexity index is 486. The first-order valence-corrected chi connectivity index (χ1v) is 10.9. The highest BCUT2D eigenvalue weighted by molar-refractivity contribution is 8.77. The lowest BCUT2D eigenvalue weighted by molar-refractivity contribution is -0.131. The van der Waals surface area contributed by atoms with E-state index in [-0.39, 0.29) is 0 Å². The molecule has 0 spiro atoms. The lowest BCUT2D eigenvalue weighted by Gasteiger charge is -2.35. The molecule has 2 aliphatic rings. The van der Waals surface area contributed by atoms with Gasteiger partial charge in [0.1, 0.15) is 5.82 Å². The van der Waals surface area contributed by atoms with Gasteiger partial charge in [-0.15, -0.1) is 0 Å². The summed E-state index contributed by atoms with van der Waals surface area (Å²) in [6.07, 6.45) is 7.40. The molecular formula is C17H25N3OS2. The number of anilines is 1. The lowest BCUT2D eigenvalue weighted by Crippen LogP contribution is -2.49. The van der Waals surface area contributed by atoms with Crippen LogP contribution in [0.1, 0.15) is 32.1 Å². The van der Waals surface area contributed by atoms with Crippen molar-refractivity contribution < 1.29 is 4.79 Å². The fraction of sp³-hybridized carbons (Fsp3) is 0.647. The second-order valence-electron chi connectivity index (χ2n) is 6.13. The number of hydrogen-bond donors (Lipinski definition) is 0. The van der Waals surface area contributed by atoms with Crippen LogP contribution in [0.15, 0.2) is 24.4 Å². The normalized spacial score (nSPS) is 21.7. The predicted octanol–water partition coefficient (Wildman–Crippen LogP) is 3.44. The van der Waals surface area contributed by atoms with Crippen LogP contribution in [0.3, 0.4) is 0 Å². The number of pyridine rings is 1. The number of nitrogens with zero attached hydrogens (tertiary/aromatic N) is 3. The van der Waals surface area contributed by atoms with E-state index in [1.807, 2.05) is 50.9 Å². The van der Waals surface area contributed by atoms with Crippen LogP contribution in [0.4, 0.5) is 5.82 Å². The molecule has 2 fully saturated rings. The van der Waals surface area contributed by atoms with E-state index < -0.39 is 0 Å². The van der Waals surface area contributed by atoms with Gasteiger partial charge in [-0.05, 0) is 31.4 Å². The average molecular weight is 352 g/mol. The van der Waals surface area contributed by atoms with Gasteiger partial charge in [0.25, 0.3) is 0 Å². The summed E-state index contributed by atoms with van der Waals surface area (Å²) >= 11 is 0. The Morgan fingerprint density at radius 2 is 2.09 bits per heavy atom. The largest absolute Gasteiger partial charge is 0.353 e. The van der Waals surface area contributed by atoms with Crippen molar-refractivity contribution in [3.05, 3.63) is 24.4 Å². The molecule has 23 heavy (non-hydrogen) atoms. The smallest absolute Gasteiger partial charge is 0.222 e. The topological polar surface area (TPSA) is 36.4 Å². The predicted molar refractivity (Wildman–Crippen MR) is 100.0 cm³/mol. The molecular weight excluding hydrogens is 326 g/mol. The second kappa shape index (κ2) is 8.83. The molecule has 0 saturated carbocycles. The standard InChI is InChI=1S/C17H25N3OS2/c21-17(7-2-1-5-15-8-14-22-23-15)20-12-10-19(11-13-20)16-6-3-4-9-18-16/h3-4,6,9,15H,1-2,5,7-8,10-14H2/t15-/m0/s1. The van der Waals surface area contributed by atoms with Gasteiger partial charge in [0, 0.05) is 49.8 Å². The van der Waals surface area contributed by atoms with Gasteiger partial charge in [-0.2, -0.15) is 0 Å². The molecule has 2 aliphatic heterocycles. The summed E-state index contributed by atoms with van der Waals surface area (Å²) in [6, 6.07) is 5.99. The molecule has 3 rings (SSSR count). The van der Waals surface area contributed by atoms with Gasteiger partial charge in [0.05, 0.1) is 0 Å². The molecule has 0 radical (unpaired) electrons. The van der Waals surface area contributed by atoms with E-state index >= 15 is 0 Å². The summed E-state index contributed by atoms with van der Waals surface area (Å²) in [4.78, 5) is 21.0. The summed E-state index contributed by atoms with van der Waals surface area (Å²) in [5.74, 6) is 2.65. The van der Waals surface area contributed by atoms with Crippen molar-refractivity contribution in [3.63, 3.8) is 0 Å². The lowest BCUT2D eigenvalue weighted by atomic mass is 10.1. The Morgan fingerprint density at radius 1 is 1.22 bits per heavy atom. The SMILES string of the molecule is O=C(CCCC[C@H]1CCSS1)N1CCN(c2ccccn2)CC1. The Balaban J connectivity index is 1.33. The van der Waals surface area contributed by atoms with Crippen LogP contribution in [0.25, 0.3) is 0 Å². The van der Waals surface area contributed by atoms with Gasteiger partial charge in [-0.25, -0.2) is 4.98 Å². The van der Waals surface area contributed by atoms with Crippen molar-refractivity contribution in [1.29, 1.82) is 0 Å². The molecule has 126 valence electrons. The number of rotatable bonds is 6. The highest BCUT2D eigenvalue weighted by atomic mass is 33.1. The minimum atomic E-state index is 0.333. The first-order chi connectivity index (χ1) is 11.3. The summed E-state index contributed by atoms with van der Waals surface area (Å²) in [6.45, 7) is 3.42. The van der Waals surface area contributed by atoms with E-state index in [0.717, 1.165) is 43.7 Å². The molecule has 4 nitrogen and oxygen atoms in total. The van der Waals surface area contributed by atoms with Gasteiger partial charge in [0.15, 0.2) is 0 Å². The van der Waals surface area contributed by atoms with E-state index in [4.69, 9.17) is 0 Å². The van der Waals surface area contributed by atoms with E-state index in [2.05, 4.69) is 9.88 Å². The molecule has 6 heteroatoms. The summed E-state index contributed by atoms with van der Waals surface area (Å²) in [5.41, 5.74) is 0. The Morgan fingerprint density at radius 3 is 2.78 bits per heavy atom. The van der Waals surface area contributed by atoms with Crippen molar-refractivity contribution in [2.75, 3.05) is 36.8 Å². The van der Waals surface area contributed by atoms with E-state index in [1.54, 1.807) is 0 Å². The molecule has 0 aromatic carbocycles. The Kier molecular flexibility index (Phi) is 6.51. The third-order valence-corrected chi connectivity index (χ3v) is 7.51. The van der Waals surface area contributed by atoms with Crippen molar-refractivity contribution in [2.24, 2.45) is 0 Å². The monoisotopic (exact) mass is 351 g/mol. The van der Waals surface area contributed by atoms with Gasteiger partial charge in [-0.3, -0.25) is 4.79 Å². The molecule has 1 aromatic rings. The van der Waals surface area contributed by atoms with Gasteiger partial charge in [0.2, 0.25) is 5.91 Å². The van der Waals surface area contributed by atoms with E-state index in [1.165, 1.54) is 25.0 Å². The molecule has 1 amide bonds. The van der Waals surface area contributed by atoms with Gasteiger partial charge < -0.3 is 9.80 Å². The zero-order chi connectivity index (χ0) is 15.9. The maximum absolute atomic E-state index is 12.3. The van der Waals surface area contributed by atoms with E-state index in [9.17, 15) is 4.79 Å². The van der Waals surface area contributed by atoms with Crippen LogP contribution in [0.5, 0.6) is 0 Å². The number of unbranched alkanes of at least 4 members (excludes halogenated alkanes) is 1. The van der Waals surface area contributed by atoms with Crippen LogP contribution < -0.4 is 4.90 Å². The average Bonchev–Trinajstić information content (AvgIpc) is 3.13. The number of hydrogen-bond acceptors (Lipinski definition) is 5. The Labute approximate surface area is 146 Å². The number of carbonyl (C=O) groups is 1. The number of piperazine rings is 1. The van der Waals surface area contributed by atoms with Crippen LogP contribution >= 0.6 is 21.6 Å². The highest BCUT2D eigenvalue weighted by Crippen LogP contribution is 2.39. The molecule has 0 bridgehead atoms. The third-order valence-electron chi connectivity index (χ3n) is 4.50. The summed E-state index contributed by atoms with van der Waals surface area (Å²) < 4.78 is 0. The minimum Gasteiger partial charge on any atom is -0.353 e. The molecule has 0 N–H and O–H groups in total. The zero-order valence-electron chi connectivity index (χ0n) is 13.5. The number of amides is 1. The van der Waals surface area contributed by atoms with Gasteiger partial charge >= 0.3 is 0 Å². The molecule has 0 unspecified atom stereocenters. The maximum Gasteiger partial charge on any atom is 0.222 e. The fourth-order valence-corrected chi connectivity index (χ4v) is 6.12. The number of carbonyl (C=O) groups excluding carboxylic acids is 1. The second-order valence-corrected chi connectivity index (χ2v) is 8.92. The zero-order valence-corrected chi connectivity index (χ0v) is 15.2. The van der Waals surface area contributed by atoms with Gasteiger partial charge in [-0.1, -0.05) is 34.1 Å². The van der Waals surface area contributed by atoms with Crippen molar-refractivity contribution in [1.82, 2.24) is 9.88 Å². The molecule has 1 aromatic heterocycles. The summed E-state index contributed by atoms with van der Waals surface area (Å²) in [7, 11) is 4.04. The molecule has 2 saturated heterocycles. The number of aromatic nitrogens is 1. The van der Waals surface area contributed by atoms with Crippen molar-refractivity contribution in [3.8, 4) is 0 Å². The summed E-state index contributed by atoms with van der Waals surface area (Å²) in [5, 5.41) is 0.831. The Hall–Kier alpha value is -0.880.